The average Bonchev–Trinajstić information content (AvgIpc) is 2.87. The SMILES string of the molecule is CN(Cc1cc(C(=O)NN)co1)c1ccc(F)cc1. The minimum Gasteiger partial charge on any atom is -0.467 e. The Hall–Kier alpha value is -2.34. The van der Waals surface area contributed by atoms with Crippen LogP contribution in [0.25, 0.3) is 0 Å². The zero-order valence-electron chi connectivity index (χ0n) is 10.4. The molecule has 0 spiro atoms. The number of halogens is 1. The molecule has 0 fully saturated rings. The van der Waals surface area contributed by atoms with Crippen LogP contribution in [0.3, 0.4) is 0 Å². The van der Waals surface area contributed by atoms with E-state index in [1.807, 2.05) is 17.4 Å². The second-order valence-electron chi connectivity index (χ2n) is 4.11. The zero-order valence-corrected chi connectivity index (χ0v) is 10.4. The van der Waals surface area contributed by atoms with Gasteiger partial charge in [-0.25, -0.2) is 10.2 Å². The molecule has 0 atom stereocenters. The smallest absolute Gasteiger partial charge is 0.268 e. The molecule has 0 unspecified atom stereocenters. The Morgan fingerprint density at radius 3 is 2.74 bits per heavy atom. The minimum atomic E-state index is -0.403. The van der Waals surface area contributed by atoms with E-state index in [1.165, 1.54) is 18.4 Å². The quantitative estimate of drug-likeness (QED) is 0.500. The predicted octanol–water partition coefficient (Wildman–Crippen LogP) is 1.66. The van der Waals surface area contributed by atoms with E-state index in [4.69, 9.17) is 10.3 Å². The average molecular weight is 263 g/mol. The monoisotopic (exact) mass is 263 g/mol. The number of nitrogens with one attached hydrogen (secondary N) is 1. The summed E-state index contributed by atoms with van der Waals surface area (Å²) < 4.78 is 18.1. The molecule has 0 aliphatic carbocycles. The van der Waals surface area contributed by atoms with Crippen molar-refractivity contribution >= 4 is 11.6 Å². The fourth-order valence-corrected chi connectivity index (χ4v) is 1.69. The van der Waals surface area contributed by atoms with Crippen LogP contribution in [0, 0.1) is 5.82 Å². The van der Waals surface area contributed by atoms with Gasteiger partial charge < -0.3 is 9.32 Å². The summed E-state index contributed by atoms with van der Waals surface area (Å²) in [6, 6.07) is 7.74. The molecule has 1 aromatic carbocycles. The van der Waals surface area contributed by atoms with Crippen LogP contribution in [0.15, 0.2) is 41.0 Å². The van der Waals surface area contributed by atoms with Crippen molar-refractivity contribution in [2.24, 2.45) is 5.84 Å². The summed E-state index contributed by atoms with van der Waals surface area (Å²) in [5.74, 6) is 4.96. The fourth-order valence-electron chi connectivity index (χ4n) is 1.69. The van der Waals surface area contributed by atoms with Crippen LogP contribution in [0.1, 0.15) is 16.1 Å². The molecule has 2 aromatic rings. The fraction of sp³-hybridized carbons (Fsp3) is 0.154. The molecule has 1 heterocycles. The largest absolute Gasteiger partial charge is 0.467 e. The number of rotatable bonds is 4. The lowest BCUT2D eigenvalue weighted by Gasteiger charge is -2.17. The highest BCUT2D eigenvalue weighted by atomic mass is 19.1. The second kappa shape index (κ2) is 5.53. The third-order valence-corrected chi connectivity index (χ3v) is 2.71. The Bertz CT molecular complexity index is 566. The van der Waals surface area contributed by atoms with Gasteiger partial charge >= 0.3 is 0 Å². The molecule has 2 rings (SSSR count). The van der Waals surface area contributed by atoms with Crippen LogP contribution < -0.4 is 16.2 Å². The van der Waals surface area contributed by atoms with E-state index >= 15 is 0 Å². The van der Waals surface area contributed by atoms with Crippen molar-refractivity contribution in [3.8, 4) is 0 Å². The van der Waals surface area contributed by atoms with Crippen molar-refractivity contribution in [1.82, 2.24) is 5.43 Å². The predicted molar refractivity (Wildman–Crippen MR) is 68.9 cm³/mol. The maximum atomic E-state index is 12.8. The molecule has 0 aliphatic heterocycles. The number of nitrogens with two attached hydrogens (primary N) is 1. The van der Waals surface area contributed by atoms with E-state index in [0.717, 1.165) is 5.69 Å². The molecule has 3 N–H and O–H groups in total. The molecular weight excluding hydrogens is 249 g/mol. The molecule has 100 valence electrons. The summed E-state index contributed by atoms with van der Waals surface area (Å²) in [5, 5.41) is 0. The number of hydrogen-bond acceptors (Lipinski definition) is 4. The lowest BCUT2D eigenvalue weighted by atomic mass is 10.2. The van der Waals surface area contributed by atoms with Gasteiger partial charge in [0.1, 0.15) is 17.8 Å². The van der Waals surface area contributed by atoms with Crippen LogP contribution in [-0.2, 0) is 6.54 Å². The molecule has 0 aliphatic rings. The number of anilines is 1. The number of benzene rings is 1. The van der Waals surface area contributed by atoms with Crippen LogP contribution >= 0.6 is 0 Å². The molecule has 6 heteroatoms. The summed E-state index contributed by atoms with van der Waals surface area (Å²) in [4.78, 5) is 13.1. The van der Waals surface area contributed by atoms with Gasteiger partial charge in [-0.1, -0.05) is 0 Å². The summed E-state index contributed by atoms with van der Waals surface area (Å²) >= 11 is 0. The Labute approximate surface area is 109 Å². The Morgan fingerprint density at radius 1 is 1.42 bits per heavy atom. The number of amides is 1. The highest BCUT2D eigenvalue weighted by molar-refractivity contribution is 5.93. The lowest BCUT2D eigenvalue weighted by Crippen LogP contribution is -2.29. The number of carbonyl (C=O) groups is 1. The van der Waals surface area contributed by atoms with Crippen molar-refractivity contribution < 1.29 is 13.6 Å². The van der Waals surface area contributed by atoms with Gasteiger partial charge in [-0.05, 0) is 30.3 Å². The van der Waals surface area contributed by atoms with Crippen molar-refractivity contribution in [3.63, 3.8) is 0 Å². The van der Waals surface area contributed by atoms with E-state index < -0.39 is 5.91 Å². The highest BCUT2D eigenvalue weighted by Gasteiger charge is 2.10. The normalized spacial score (nSPS) is 10.3. The molecular formula is C13H14FN3O2. The van der Waals surface area contributed by atoms with Gasteiger partial charge in [0.25, 0.3) is 5.91 Å². The molecule has 1 aromatic heterocycles. The topological polar surface area (TPSA) is 71.5 Å². The number of nitrogen functional groups attached to an aromatic ring is 1. The van der Waals surface area contributed by atoms with E-state index in [1.54, 1.807) is 18.2 Å². The van der Waals surface area contributed by atoms with Crippen LogP contribution in [0.5, 0.6) is 0 Å². The third kappa shape index (κ3) is 3.11. The molecule has 0 saturated heterocycles. The first-order chi connectivity index (χ1) is 9.10. The Morgan fingerprint density at radius 2 is 2.11 bits per heavy atom. The second-order valence-corrected chi connectivity index (χ2v) is 4.11. The standard InChI is InChI=1S/C13H14FN3O2/c1-17(11-4-2-10(14)3-5-11)7-12-6-9(8-19-12)13(18)16-15/h2-6,8H,7,15H2,1H3,(H,16,18). The molecule has 0 bridgehead atoms. The van der Waals surface area contributed by atoms with Gasteiger partial charge in [0.2, 0.25) is 0 Å². The Kier molecular flexibility index (Phi) is 3.82. The minimum absolute atomic E-state index is 0.281. The first-order valence-electron chi connectivity index (χ1n) is 5.65. The van der Waals surface area contributed by atoms with E-state index in [2.05, 4.69) is 0 Å². The van der Waals surface area contributed by atoms with Gasteiger partial charge in [-0.3, -0.25) is 10.2 Å². The summed E-state index contributed by atoms with van der Waals surface area (Å²) in [6.45, 7) is 0.462. The van der Waals surface area contributed by atoms with Crippen LogP contribution in [-0.4, -0.2) is 13.0 Å². The van der Waals surface area contributed by atoms with Crippen molar-refractivity contribution in [1.29, 1.82) is 0 Å². The summed E-state index contributed by atoms with van der Waals surface area (Å²) in [5.41, 5.74) is 3.25. The van der Waals surface area contributed by atoms with Gasteiger partial charge in [0.15, 0.2) is 0 Å². The van der Waals surface area contributed by atoms with Gasteiger partial charge in [-0.15, -0.1) is 0 Å². The van der Waals surface area contributed by atoms with E-state index in [9.17, 15) is 9.18 Å². The first kappa shape index (κ1) is 13.1. The van der Waals surface area contributed by atoms with Gasteiger partial charge in [0.05, 0.1) is 12.1 Å². The van der Waals surface area contributed by atoms with Crippen molar-refractivity contribution in [2.45, 2.75) is 6.54 Å². The summed E-state index contributed by atoms with van der Waals surface area (Å²) in [7, 11) is 1.85. The molecule has 0 radical (unpaired) electrons. The number of carbonyl (C=O) groups excluding carboxylic acids is 1. The van der Waals surface area contributed by atoms with Crippen LogP contribution in [0.2, 0.25) is 0 Å². The maximum absolute atomic E-state index is 12.8. The van der Waals surface area contributed by atoms with Crippen LogP contribution in [0.4, 0.5) is 10.1 Å². The molecule has 1 amide bonds. The lowest BCUT2D eigenvalue weighted by molar-refractivity contribution is 0.0953. The van der Waals surface area contributed by atoms with Crippen molar-refractivity contribution in [3.05, 3.63) is 53.7 Å². The van der Waals surface area contributed by atoms with Gasteiger partial charge in [0, 0.05) is 12.7 Å². The number of hydrazine groups is 1. The molecule has 19 heavy (non-hydrogen) atoms. The number of furan rings is 1. The molecule has 5 nitrogen and oxygen atoms in total. The van der Waals surface area contributed by atoms with E-state index in [-0.39, 0.29) is 5.82 Å². The molecule has 0 saturated carbocycles. The van der Waals surface area contributed by atoms with E-state index in [0.29, 0.717) is 17.9 Å². The zero-order chi connectivity index (χ0) is 13.8. The first-order valence-corrected chi connectivity index (χ1v) is 5.65. The Balaban J connectivity index is 2.06. The highest BCUT2D eigenvalue weighted by Crippen LogP contribution is 2.17. The summed E-state index contributed by atoms with van der Waals surface area (Å²) in [6.07, 6.45) is 1.34. The number of nitrogens with zero attached hydrogens (tertiary/aromatic N) is 1. The van der Waals surface area contributed by atoms with Gasteiger partial charge in [-0.2, -0.15) is 0 Å². The third-order valence-electron chi connectivity index (χ3n) is 2.71. The van der Waals surface area contributed by atoms with Crippen molar-refractivity contribution in [2.75, 3.05) is 11.9 Å². The number of hydrogen-bond donors (Lipinski definition) is 2. The maximum Gasteiger partial charge on any atom is 0.268 e.